The number of carbonyl (C=O) groups excluding carboxylic acids is 1. The number of aliphatic hydroxyl groups is 1. The third kappa shape index (κ3) is 3.47. The number of amides is 1. The molecule has 0 bridgehead atoms. The molecule has 1 aliphatic heterocycles. The lowest BCUT2D eigenvalue weighted by molar-refractivity contribution is 0.0517. The Labute approximate surface area is 128 Å². The summed E-state index contributed by atoms with van der Waals surface area (Å²) >= 11 is 1.30. The van der Waals surface area contributed by atoms with Crippen LogP contribution in [0.4, 0.5) is 0 Å². The Bertz CT molecular complexity index is 577. The van der Waals surface area contributed by atoms with Crippen LogP contribution >= 0.6 is 11.8 Å². The Hall–Kier alpha value is -1.34. The van der Waals surface area contributed by atoms with Gasteiger partial charge in [-0.25, -0.2) is 4.79 Å². The second-order valence-corrected chi connectivity index (χ2v) is 6.22. The van der Waals surface area contributed by atoms with E-state index in [-0.39, 0.29) is 17.9 Å². The number of hydrogen-bond acceptors (Lipinski definition) is 5. The van der Waals surface area contributed by atoms with Crippen LogP contribution in [0.15, 0.2) is 9.82 Å². The predicted molar refractivity (Wildman–Crippen MR) is 81.7 cm³/mol. The summed E-state index contributed by atoms with van der Waals surface area (Å²) in [6.45, 7) is 4.77. The highest BCUT2D eigenvalue weighted by Crippen LogP contribution is 2.25. The Morgan fingerprint density at radius 2 is 2.10 bits per heavy atom. The number of aryl methyl sites for hydroxylation is 1. The van der Waals surface area contributed by atoms with Crippen molar-refractivity contribution in [3.8, 4) is 0 Å². The summed E-state index contributed by atoms with van der Waals surface area (Å²) in [6, 6.07) is 0. The van der Waals surface area contributed by atoms with Crippen LogP contribution in [0.25, 0.3) is 0 Å². The first-order chi connectivity index (χ1) is 9.93. The summed E-state index contributed by atoms with van der Waals surface area (Å²) in [5.74, 6) is 0.161. The van der Waals surface area contributed by atoms with Gasteiger partial charge in [0.25, 0.3) is 5.91 Å². The highest BCUT2D eigenvalue weighted by Gasteiger charge is 2.28. The fraction of sp³-hybridized carbons (Fsp3) is 0.643. The molecule has 116 valence electrons. The number of nitrogens with zero attached hydrogens (tertiary/aromatic N) is 2. The van der Waals surface area contributed by atoms with Gasteiger partial charge in [0.15, 0.2) is 0 Å². The maximum atomic E-state index is 12.7. The number of thioether (sulfide) groups is 1. The van der Waals surface area contributed by atoms with Gasteiger partial charge in [-0.05, 0) is 38.9 Å². The fourth-order valence-corrected chi connectivity index (χ4v) is 3.32. The molecule has 2 N–H and O–H groups in total. The summed E-state index contributed by atoms with van der Waals surface area (Å²) in [5.41, 5.74) is 0.612. The number of aromatic amines is 1. The molecule has 1 amide bonds. The third-order valence-electron chi connectivity index (χ3n) is 4.00. The largest absolute Gasteiger partial charge is 0.393 e. The van der Waals surface area contributed by atoms with Crippen molar-refractivity contribution < 1.29 is 9.90 Å². The lowest BCUT2D eigenvalue weighted by Crippen LogP contribution is -2.41. The summed E-state index contributed by atoms with van der Waals surface area (Å²) in [7, 11) is 0. The Balaban J connectivity index is 2.20. The van der Waals surface area contributed by atoms with Crippen LogP contribution in [-0.4, -0.2) is 51.3 Å². The smallest absolute Gasteiger partial charge is 0.346 e. The van der Waals surface area contributed by atoms with E-state index in [1.165, 1.54) is 11.8 Å². The zero-order chi connectivity index (χ0) is 15.6. The molecule has 1 fully saturated rings. The van der Waals surface area contributed by atoms with Gasteiger partial charge >= 0.3 is 5.69 Å². The number of likely N-dealkylation sites (tertiary alicyclic amines) is 1. The molecule has 1 aromatic heterocycles. The van der Waals surface area contributed by atoms with Gasteiger partial charge in [0.1, 0.15) is 5.03 Å². The molecule has 7 heteroatoms. The van der Waals surface area contributed by atoms with Crippen molar-refractivity contribution in [2.45, 2.75) is 37.8 Å². The maximum Gasteiger partial charge on any atom is 0.346 e. The molecule has 0 aliphatic carbocycles. The van der Waals surface area contributed by atoms with Gasteiger partial charge in [-0.1, -0.05) is 0 Å². The Morgan fingerprint density at radius 1 is 1.48 bits per heavy atom. The molecule has 0 saturated carbocycles. The molecule has 21 heavy (non-hydrogen) atoms. The van der Waals surface area contributed by atoms with E-state index in [4.69, 9.17) is 0 Å². The summed E-state index contributed by atoms with van der Waals surface area (Å²) in [5, 5.41) is 10.1. The number of piperidine rings is 1. The first-order valence-corrected chi connectivity index (χ1v) is 8.28. The summed E-state index contributed by atoms with van der Waals surface area (Å²) in [6.07, 6.45) is 3.07. The van der Waals surface area contributed by atoms with Crippen LogP contribution in [0.3, 0.4) is 0 Å². The number of aliphatic hydroxyl groups excluding tert-OH is 1. The van der Waals surface area contributed by atoms with Crippen molar-refractivity contribution in [1.82, 2.24) is 14.9 Å². The molecule has 1 saturated heterocycles. The van der Waals surface area contributed by atoms with Crippen LogP contribution in [0.1, 0.15) is 35.8 Å². The quantitative estimate of drug-likeness (QED) is 0.643. The Kier molecular flexibility index (Phi) is 5.05. The van der Waals surface area contributed by atoms with Crippen LogP contribution in [-0.2, 0) is 0 Å². The zero-order valence-electron chi connectivity index (χ0n) is 12.5. The maximum absolute atomic E-state index is 12.7. The zero-order valence-corrected chi connectivity index (χ0v) is 13.4. The average Bonchev–Trinajstić information content (AvgIpc) is 2.45. The molecule has 1 unspecified atom stereocenters. The average molecular weight is 311 g/mol. The van der Waals surface area contributed by atoms with Crippen molar-refractivity contribution in [1.29, 1.82) is 0 Å². The van der Waals surface area contributed by atoms with Crippen LogP contribution in [0, 0.1) is 12.8 Å². The van der Waals surface area contributed by atoms with Crippen molar-refractivity contribution in [3.63, 3.8) is 0 Å². The standard InChI is InChI=1S/C14H21N3O3S/c1-8-11(12(21-3)16-14(20)15-8)13(19)17-6-4-10(5-7-17)9(2)18/h9-10,18H,4-7H2,1-3H3,(H,15,16,20). The van der Waals surface area contributed by atoms with E-state index in [2.05, 4.69) is 9.97 Å². The normalized spacial score (nSPS) is 17.8. The van der Waals surface area contributed by atoms with Gasteiger partial charge in [0.05, 0.1) is 11.7 Å². The molecule has 1 aromatic rings. The molecular formula is C14H21N3O3S. The van der Waals surface area contributed by atoms with Gasteiger partial charge in [0.2, 0.25) is 0 Å². The van der Waals surface area contributed by atoms with Gasteiger partial charge in [-0.3, -0.25) is 4.79 Å². The molecule has 0 aromatic carbocycles. The van der Waals surface area contributed by atoms with Crippen molar-refractivity contribution >= 4 is 17.7 Å². The molecule has 1 aliphatic rings. The van der Waals surface area contributed by atoms with E-state index < -0.39 is 5.69 Å². The monoisotopic (exact) mass is 311 g/mol. The van der Waals surface area contributed by atoms with Crippen LogP contribution in [0.5, 0.6) is 0 Å². The molecule has 2 rings (SSSR count). The van der Waals surface area contributed by atoms with Gasteiger partial charge in [-0.2, -0.15) is 4.98 Å². The number of hydrogen-bond donors (Lipinski definition) is 2. The van der Waals surface area contributed by atoms with E-state index in [1.807, 2.05) is 0 Å². The highest BCUT2D eigenvalue weighted by atomic mass is 32.2. The Morgan fingerprint density at radius 3 is 2.62 bits per heavy atom. The molecule has 0 radical (unpaired) electrons. The summed E-state index contributed by atoms with van der Waals surface area (Å²) < 4.78 is 0. The molecule has 0 spiro atoms. The lowest BCUT2D eigenvalue weighted by Gasteiger charge is -2.33. The van der Waals surface area contributed by atoms with E-state index in [9.17, 15) is 14.7 Å². The molecule has 6 nitrogen and oxygen atoms in total. The van der Waals surface area contributed by atoms with Crippen LogP contribution in [0.2, 0.25) is 0 Å². The molecular weight excluding hydrogens is 290 g/mol. The highest BCUT2D eigenvalue weighted by molar-refractivity contribution is 7.98. The SMILES string of the molecule is CSc1nc(=O)[nH]c(C)c1C(=O)N1CCC(C(C)O)CC1. The van der Waals surface area contributed by atoms with E-state index in [1.54, 1.807) is 25.0 Å². The topological polar surface area (TPSA) is 86.3 Å². The summed E-state index contributed by atoms with van der Waals surface area (Å²) in [4.78, 5) is 32.3. The number of H-pyrrole nitrogens is 1. The number of nitrogens with one attached hydrogen (secondary N) is 1. The minimum atomic E-state index is -0.429. The lowest BCUT2D eigenvalue weighted by atomic mass is 9.92. The van der Waals surface area contributed by atoms with Crippen molar-refractivity contribution in [3.05, 3.63) is 21.7 Å². The van der Waals surface area contributed by atoms with E-state index in [0.717, 1.165) is 12.8 Å². The number of aromatic nitrogens is 2. The van der Waals surface area contributed by atoms with Crippen LogP contribution < -0.4 is 5.69 Å². The second kappa shape index (κ2) is 6.62. The first kappa shape index (κ1) is 16.0. The van der Waals surface area contributed by atoms with Gasteiger partial charge in [0, 0.05) is 18.8 Å². The molecule has 2 heterocycles. The van der Waals surface area contributed by atoms with Gasteiger partial charge in [-0.15, -0.1) is 11.8 Å². The number of rotatable bonds is 3. The first-order valence-electron chi connectivity index (χ1n) is 7.06. The minimum Gasteiger partial charge on any atom is -0.393 e. The predicted octanol–water partition coefficient (Wildman–Crippen LogP) is 1.03. The molecule has 1 atom stereocenters. The van der Waals surface area contributed by atoms with Crippen molar-refractivity contribution in [2.24, 2.45) is 5.92 Å². The van der Waals surface area contributed by atoms with E-state index >= 15 is 0 Å². The minimum absolute atomic E-state index is 0.0929. The third-order valence-corrected chi connectivity index (χ3v) is 4.68. The fourth-order valence-electron chi connectivity index (χ4n) is 2.70. The van der Waals surface area contributed by atoms with Crippen molar-refractivity contribution in [2.75, 3.05) is 19.3 Å². The number of carbonyl (C=O) groups is 1. The van der Waals surface area contributed by atoms with Gasteiger partial charge < -0.3 is 15.0 Å². The van der Waals surface area contributed by atoms with E-state index in [0.29, 0.717) is 29.4 Å². The second-order valence-electron chi connectivity index (χ2n) is 5.42.